The third kappa shape index (κ3) is 1.98. The molecule has 0 spiro atoms. The van der Waals surface area contributed by atoms with E-state index in [-0.39, 0.29) is 12.0 Å². The second-order valence-corrected chi connectivity index (χ2v) is 4.32. The van der Waals surface area contributed by atoms with Gasteiger partial charge in [0.2, 0.25) is 0 Å². The lowest BCUT2D eigenvalue weighted by atomic mass is 9.80. The fourth-order valence-electron chi connectivity index (χ4n) is 1.96. The quantitative estimate of drug-likeness (QED) is 0.566. The molecule has 7 heteroatoms. The van der Waals surface area contributed by atoms with E-state index >= 15 is 0 Å². The number of fused-ring (bicyclic) bond motifs is 1. The predicted molar refractivity (Wildman–Crippen MR) is 72.1 cm³/mol. The van der Waals surface area contributed by atoms with Crippen molar-refractivity contribution >= 4 is 40.3 Å². The van der Waals surface area contributed by atoms with Crippen molar-refractivity contribution < 1.29 is 9.47 Å². The van der Waals surface area contributed by atoms with Crippen LogP contribution in [0.5, 0.6) is 11.5 Å². The summed E-state index contributed by atoms with van der Waals surface area (Å²) >= 11 is 0. The van der Waals surface area contributed by atoms with E-state index in [0.717, 1.165) is 0 Å². The molecule has 2 unspecified atom stereocenters. The summed E-state index contributed by atoms with van der Waals surface area (Å²) in [4.78, 5) is 4.27. The maximum atomic E-state index is 5.79. The second kappa shape index (κ2) is 4.30. The lowest BCUT2D eigenvalue weighted by Gasteiger charge is -2.28. The van der Waals surface area contributed by atoms with Gasteiger partial charge in [0.1, 0.15) is 36.0 Å². The number of amidine groups is 1. The number of aliphatic imine (C=N–C) groups is 1. The average Bonchev–Trinajstić information content (AvgIpc) is 2.77. The van der Waals surface area contributed by atoms with Gasteiger partial charge in [-0.2, -0.15) is 0 Å². The first-order valence-corrected chi connectivity index (χ1v) is 5.68. The summed E-state index contributed by atoms with van der Waals surface area (Å²) in [6.45, 7) is 0.917. The topological polar surface area (TPSA) is 42.8 Å². The summed E-state index contributed by atoms with van der Waals surface area (Å²) in [6.07, 6.45) is -0.283. The number of hydrogen-bond donors (Lipinski definition) is 1. The highest BCUT2D eigenvalue weighted by atomic mass is 16.6. The van der Waals surface area contributed by atoms with Gasteiger partial charge >= 0.3 is 0 Å². The van der Waals surface area contributed by atoms with Crippen LogP contribution in [0.3, 0.4) is 0 Å². The molecule has 3 rings (SSSR count). The fourth-order valence-corrected chi connectivity index (χ4v) is 1.96. The summed E-state index contributed by atoms with van der Waals surface area (Å²) in [5, 5.41) is 3.05. The minimum atomic E-state index is -0.283. The molecule has 1 N–H and O–H groups in total. The van der Waals surface area contributed by atoms with Crippen molar-refractivity contribution in [1.29, 1.82) is 0 Å². The Hall–Kier alpha value is -1.52. The highest BCUT2D eigenvalue weighted by molar-refractivity contribution is 6.48. The number of benzene rings is 1. The number of nitrogens with one attached hydrogen (secondary N) is 1. The molecule has 0 fully saturated rings. The van der Waals surface area contributed by atoms with Crippen LogP contribution in [0, 0.1) is 0 Å². The van der Waals surface area contributed by atoms with Gasteiger partial charge in [0.25, 0.3) is 0 Å². The van der Waals surface area contributed by atoms with E-state index in [9.17, 15) is 0 Å². The highest BCUT2D eigenvalue weighted by Gasteiger charge is 2.28. The maximum absolute atomic E-state index is 5.79. The third-order valence-corrected chi connectivity index (χ3v) is 2.91. The summed E-state index contributed by atoms with van der Waals surface area (Å²) in [6, 6.07) is 3.32. The van der Waals surface area contributed by atoms with Crippen LogP contribution in [0.4, 0.5) is 0 Å². The summed E-state index contributed by atoms with van der Waals surface area (Å²) in [5.74, 6) is 1.73. The van der Waals surface area contributed by atoms with Crippen molar-refractivity contribution in [3.05, 3.63) is 12.1 Å². The molecule has 18 heavy (non-hydrogen) atoms. The molecule has 0 saturated heterocycles. The smallest absolute Gasteiger partial charge is 0.189 e. The van der Waals surface area contributed by atoms with Crippen molar-refractivity contribution in [3.8, 4) is 11.5 Å². The predicted octanol–water partition coefficient (Wildman–Crippen LogP) is -2.09. The molecular weight excluding hydrogens is 225 g/mol. The third-order valence-electron chi connectivity index (χ3n) is 2.91. The van der Waals surface area contributed by atoms with Gasteiger partial charge in [-0.05, 0) is 12.1 Å². The molecule has 6 radical (unpaired) electrons. The van der Waals surface area contributed by atoms with E-state index in [0.29, 0.717) is 41.4 Å². The number of rotatable bonds is 1. The zero-order chi connectivity index (χ0) is 12.7. The Morgan fingerprint density at radius 2 is 1.94 bits per heavy atom. The van der Waals surface area contributed by atoms with Crippen LogP contribution in [-0.2, 0) is 0 Å². The molecule has 84 valence electrons. The van der Waals surface area contributed by atoms with Crippen molar-refractivity contribution in [2.24, 2.45) is 4.99 Å². The van der Waals surface area contributed by atoms with Gasteiger partial charge in [0, 0.05) is 5.94 Å². The average molecular weight is 234 g/mol. The van der Waals surface area contributed by atoms with Crippen molar-refractivity contribution in [2.45, 2.75) is 12.0 Å². The van der Waals surface area contributed by atoms with E-state index in [2.05, 4.69) is 10.3 Å². The molecule has 0 bridgehead atoms. The van der Waals surface area contributed by atoms with Gasteiger partial charge in [0.15, 0.2) is 17.6 Å². The van der Waals surface area contributed by atoms with Gasteiger partial charge < -0.3 is 14.8 Å². The molecule has 0 saturated carbocycles. The van der Waals surface area contributed by atoms with E-state index in [4.69, 9.17) is 33.0 Å². The van der Waals surface area contributed by atoms with Crippen LogP contribution in [0.2, 0.25) is 0 Å². The van der Waals surface area contributed by atoms with Gasteiger partial charge in [0.05, 0.1) is 6.54 Å². The summed E-state index contributed by atoms with van der Waals surface area (Å²) < 4.78 is 11.4. The molecule has 0 amide bonds. The Kier molecular flexibility index (Phi) is 2.76. The number of hydrogen-bond acceptors (Lipinski definition) is 4. The molecule has 0 aliphatic carbocycles. The van der Waals surface area contributed by atoms with Crippen LogP contribution < -0.4 is 25.7 Å². The molecule has 1 aromatic carbocycles. The van der Waals surface area contributed by atoms with Crippen LogP contribution in [0.1, 0.15) is 0 Å². The number of nitrogens with zero attached hydrogens (tertiary/aromatic N) is 1. The maximum Gasteiger partial charge on any atom is 0.189 e. The Balaban J connectivity index is 1.83. The minimum Gasteiger partial charge on any atom is -0.485 e. The lowest BCUT2D eigenvalue weighted by molar-refractivity contribution is 0.133. The fraction of sp³-hybridized carbons (Fsp3) is 0.364. The van der Waals surface area contributed by atoms with Gasteiger partial charge in [-0.25, -0.2) is 0 Å². The van der Waals surface area contributed by atoms with Crippen LogP contribution >= 0.6 is 0 Å². The Labute approximate surface area is 109 Å². The first-order chi connectivity index (χ1) is 8.63. The zero-order valence-corrected chi connectivity index (χ0v) is 9.72. The Morgan fingerprint density at radius 3 is 2.61 bits per heavy atom. The van der Waals surface area contributed by atoms with E-state index < -0.39 is 0 Å². The molecular formula is C11H9B3N2O2. The monoisotopic (exact) mass is 234 g/mol. The standard InChI is InChI=1S/C11H9B3N2O2/c12-5-1-7-8(2-6(5)13)18-9(4-17-7)11-15-3-10(14)16-11/h1-2,9-10H,3-4H2,(H,15,16). The normalized spacial score (nSPS) is 25.4. The van der Waals surface area contributed by atoms with E-state index in [1.54, 1.807) is 12.1 Å². The largest absolute Gasteiger partial charge is 0.485 e. The van der Waals surface area contributed by atoms with Crippen molar-refractivity contribution in [2.75, 3.05) is 13.2 Å². The van der Waals surface area contributed by atoms with Gasteiger partial charge in [-0.15, -0.1) is 0 Å². The van der Waals surface area contributed by atoms with Crippen LogP contribution in [0.25, 0.3) is 0 Å². The van der Waals surface area contributed by atoms with E-state index in [1.807, 2.05) is 0 Å². The second-order valence-electron chi connectivity index (χ2n) is 4.32. The Morgan fingerprint density at radius 1 is 1.22 bits per heavy atom. The SMILES string of the molecule is [B]c1cc2c(cc1[B])OC(C1=NCC([B])N1)CO2. The van der Waals surface area contributed by atoms with Crippen LogP contribution in [0.15, 0.2) is 17.1 Å². The zero-order valence-electron chi connectivity index (χ0n) is 9.72. The molecule has 2 aliphatic rings. The van der Waals surface area contributed by atoms with Crippen molar-refractivity contribution in [3.63, 3.8) is 0 Å². The van der Waals surface area contributed by atoms with Crippen LogP contribution in [-0.4, -0.2) is 54.6 Å². The Bertz CT molecular complexity index is 521. The summed E-state index contributed by atoms with van der Waals surface area (Å²) in [7, 11) is 17.2. The molecule has 2 aliphatic heterocycles. The van der Waals surface area contributed by atoms with E-state index in [1.165, 1.54) is 0 Å². The molecule has 1 aromatic rings. The van der Waals surface area contributed by atoms with Gasteiger partial charge in [-0.1, -0.05) is 10.9 Å². The van der Waals surface area contributed by atoms with Crippen molar-refractivity contribution in [1.82, 2.24) is 5.32 Å². The minimum absolute atomic E-state index is 0.151. The number of ether oxygens (including phenoxy) is 2. The molecule has 0 aromatic heterocycles. The van der Waals surface area contributed by atoms with Gasteiger partial charge in [-0.3, -0.25) is 4.99 Å². The molecule has 4 nitrogen and oxygen atoms in total. The first kappa shape index (κ1) is 11.6. The lowest BCUT2D eigenvalue weighted by Crippen LogP contribution is -2.45. The first-order valence-electron chi connectivity index (χ1n) is 5.68. The molecule has 2 heterocycles. The highest BCUT2D eigenvalue weighted by Crippen LogP contribution is 2.29. The molecule has 2 atom stereocenters. The summed E-state index contributed by atoms with van der Waals surface area (Å²) in [5.41, 5.74) is 0.949.